The Balaban J connectivity index is 1.68. The van der Waals surface area contributed by atoms with E-state index in [1.165, 1.54) is 11.8 Å². The smallest absolute Gasteiger partial charge is 0.237 e. The maximum absolute atomic E-state index is 12.5. The van der Waals surface area contributed by atoms with Gasteiger partial charge in [0.25, 0.3) is 0 Å². The SMILES string of the molecule is COc1ccc(NC(=O)C(C)Sc2ncc(-c3ccccc3)n2C)cc1Cl. The number of hydrogen-bond donors (Lipinski definition) is 1. The van der Waals surface area contributed by atoms with Gasteiger partial charge in [-0.05, 0) is 30.7 Å². The van der Waals surface area contributed by atoms with Crippen LogP contribution in [0.3, 0.4) is 0 Å². The Kier molecular flexibility index (Phi) is 6.08. The molecule has 0 radical (unpaired) electrons. The third-order valence-electron chi connectivity index (χ3n) is 4.09. The van der Waals surface area contributed by atoms with Gasteiger partial charge in [0.1, 0.15) is 5.75 Å². The first-order chi connectivity index (χ1) is 13.0. The predicted molar refractivity (Wildman–Crippen MR) is 111 cm³/mol. The van der Waals surface area contributed by atoms with Crippen molar-refractivity contribution in [1.82, 2.24) is 9.55 Å². The highest BCUT2D eigenvalue weighted by Crippen LogP contribution is 2.30. The molecule has 1 aromatic heterocycles. The van der Waals surface area contributed by atoms with Gasteiger partial charge in [0.2, 0.25) is 5.91 Å². The molecule has 1 amide bonds. The number of imidazole rings is 1. The first kappa shape index (κ1) is 19.3. The van der Waals surface area contributed by atoms with E-state index in [1.807, 2.05) is 55.1 Å². The van der Waals surface area contributed by atoms with Crippen LogP contribution >= 0.6 is 23.4 Å². The lowest BCUT2D eigenvalue weighted by atomic mass is 10.2. The number of thioether (sulfide) groups is 1. The van der Waals surface area contributed by atoms with Crippen LogP contribution in [-0.4, -0.2) is 27.8 Å². The van der Waals surface area contributed by atoms with Gasteiger partial charge >= 0.3 is 0 Å². The number of ether oxygens (including phenoxy) is 1. The van der Waals surface area contributed by atoms with E-state index in [0.29, 0.717) is 16.5 Å². The first-order valence-electron chi connectivity index (χ1n) is 8.37. The summed E-state index contributed by atoms with van der Waals surface area (Å²) in [6, 6.07) is 15.2. The Morgan fingerprint density at radius 3 is 2.67 bits per heavy atom. The lowest BCUT2D eigenvalue weighted by Gasteiger charge is -2.13. The summed E-state index contributed by atoms with van der Waals surface area (Å²) in [5.41, 5.74) is 2.72. The molecule has 3 aromatic rings. The van der Waals surface area contributed by atoms with Crippen LogP contribution in [0, 0.1) is 0 Å². The Morgan fingerprint density at radius 1 is 1.26 bits per heavy atom. The molecule has 2 aromatic carbocycles. The average Bonchev–Trinajstić information content (AvgIpc) is 3.03. The number of anilines is 1. The Hall–Kier alpha value is -2.44. The number of aromatic nitrogens is 2. The van der Waals surface area contributed by atoms with Gasteiger partial charge < -0.3 is 14.6 Å². The number of halogens is 1. The summed E-state index contributed by atoms with van der Waals surface area (Å²) in [5, 5.41) is 3.78. The first-order valence-corrected chi connectivity index (χ1v) is 9.63. The molecule has 0 aliphatic heterocycles. The number of hydrogen-bond acceptors (Lipinski definition) is 4. The maximum atomic E-state index is 12.5. The molecule has 1 N–H and O–H groups in total. The molecule has 0 aliphatic rings. The van der Waals surface area contributed by atoms with E-state index in [2.05, 4.69) is 10.3 Å². The van der Waals surface area contributed by atoms with Gasteiger partial charge in [0.05, 0.1) is 29.3 Å². The van der Waals surface area contributed by atoms with Crippen LogP contribution in [0.2, 0.25) is 5.02 Å². The zero-order valence-corrected chi connectivity index (χ0v) is 16.8. The van der Waals surface area contributed by atoms with Crippen LogP contribution in [0.4, 0.5) is 5.69 Å². The van der Waals surface area contributed by atoms with E-state index in [0.717, 1.165) is 16.4 Å². The minimum absolute atomic E-state index is 0.120. The van der Waals surface area contributed by atoms with Crippen LogP contribution < -0.4 is 10.1 Å². The molecule has 0 saturated heterocycles. The normalized spacial score (nSPS) is 11.9. The predicted octanol–water partition coefficient (Wildman–Crippen LogP) is 4.87. The zero-order chi connectivity index (χ0) is 19.4. The molecule has 0 aliphatic carbocycles. The number of nitrogens with zero attached hydrogens (tertiary/aromatic N) is 2. The van der Waals surface area contributed by atoms with Crippen LogP contribution in [0.1, 0.15) is 6.92 Å². The minimum Gasteiger partial charge on any atom is -0.495 e. The molecule has 140 valence electrons. The number of carbonyl (C=O) groups excluding carboxylic acids is 1. The van der Waals surface area contributed by atoms with E-state index in [-0.39, 0.29) is 11.2 Å². The highest BCUT2D eigenvalue weighted by molar-refractivity contribution is 8.00. The highest BCUT2D eigenvalue weighted by atomic mass is 35.5. The van der Waals surface area contributed by atoms with E-state index in [1.54, 1.807) is 25.3 Å². The molecule has 1 unspecified atom stereocenters. The molecule has 0 saturated carbocycles. The average molecular weight is 402 g/mol. The second kappa shape index (κ2) is 8.50. The monoisotopic (exact) mass is 401 g/mol. The van der Waals surface area contributed by atoms with Crippen molar-refractivity contribution in [3.05, 3.63) is 59.8 Å². The van der Waals surface area contributed by atoms with Crippen molar-refractivity contribution in [2.45, 2.75) is 17.3 Å². The summed E-state index contributed by atoms with van der Waals surface area (Å²) in [7, 11) is 3.50. The minimum atomic E-state index is -0.324. The van der Waals surface area contributed by atoms with Crippen LogP contribution in [0.25, 0.3) is 11.3 Å². The number of rotatable bonds is 6. The Morgan fingerprint density at radius 2 is 2.00 bits per heavy atom. The summed E-state index contributed by atoms with van der Waals surface area (Å²) in [4.78, 5) is 17.0. The Labute approximate surface area is 167 Å². The molecule has 0 bridgehead atoms. The van der Waals surface area contributed by atoms with Crippen molar-refractivity contribution in [3.63, 3.8) is 0 Å². The zero-order valence-electron chi connectivity index (χ0n) is 15.3. The van der Waals surface area contributed by atoms with Gasteiger partial charge in [0.15, 0.2) is 5.16 Å². The quantitative estimate of drug-likeness (QED) is 0.599. The van der Waals surface area contributed by atoms with Crippen molar-refractivity contribution < 1.29 is 9.53 Å². The van der Waals surface area contributed by atoms with Gasteiger partial charge in [-0.15, -0.1) is 0 Å². The highest BCUT2D eigenvalue weighted by Gasteiger charge is 2.19. The lowest BCUT2D eigenvalue weighted by molar-refractivity contribution is -0.115. The third-order valence-corrected chi connectivity index (χ3v) is 5.54. The summed E-state index contributed by atoms with van der Waals surface area (Å²) < 4.78 is 7.12. The molecule has 1 heterocycles. The van der Waals surface area contributed by atoms with Crippen molar-refractivity contribution in [2.75, 3.05) is 12.4 Å². The molecule has 7 heteroatoms. The molecule has 27 heavy (non-hydrogen) atoms. The summed E-state index contributed by atoms with van der Waals surface area (Å²) in [6.45, 7) is 1.85. The molecule has 3 rings (SSSR count). The fourth-order valence-corrected chi connectivity index (χ4v) is 3.69. The molecule has 1 atom stereocenters. The molecular weight excluding hydrogens is 382 g/mol. The maximum Gasteiger partial charge on any atom is 0.237 e. The lowest BCUT2D eigenvalue weighted by Crippen LogP contribution is -2.22. The topological polar surface area (TPSA) is 56.1 Å². The van der Waals surface area contributed by atoms with Crippen molar-refractivity contribution in [2.24, 2.45) is 7.05 Å². The standard InChI is InChI=1S/C20H20ClN3O2S/c1-13(19(25)23-15-9-10-18(26-3)16(21)11-15)27-20-22-12-17(24(20)2)14-7-5-4-6-8-14/h4-13H,1-3H3,(H,23,25). The van der Waals surface area contributed by atoms with Crippen molar-refractivity contribution in [3.8, 4) is 17.0 Å². The Bertz CT molecular complexity index is 944. The van der Waals surface area contributed by atoms with Gasteiger partial charge in [-0.3, -0.25) is 4.79 Å². The second-order valence-electron chi connectivity index (χ2n) is 5.95. The van der Waals surface area contributed by atoms with Gasteiger partial charge in [-0.2, -0.15) is 0 Å². The van der Waals surface area contributed by atoms with Crippen LogP contribution in [0.15, 0.2) is 59.9 Å². The van der Waals surface area contributed by atoms with E-state index < -0.39 is 0 Å². The molecule has 0 fully saturated rings. The van der Waals surface area contributed by atoms with Crippen molar-refractivity contribution >= 4 is 35.0 Å². The van der Waals surface area contributed by atoms with Crippen LogP contribution in [0.5, 0.6) is 5.75 Å². The largest absolute Gasteiger partial charge is 0.495 e. The number of amides is 1. The molecule has 0 spiro atoms. The van der Waals surface area contributed by atoms with Crippen molar-refractivity contribution in [1.29, 1.82) is 0 Å². The third kappa shape index (κ3) is 4.46. The number of carbonyl (C=O) groups is 1. The fraction of sp³-hybridized carbons (Fsp3) is 0.200. The van der Waals surface area contributed by atoms with Gasteiger partial charge in [0, 0.05) is 12.7 Å². The fourth-order valence-electron chi connectivity index (χ4n) is 2.58. The number of methoxy groups -OCH3 is 1. The molecular formula is C20H20ClN3O2S. The van der Waals surface area contributed by atoms with E-state index in [9.17, 15) is 4.79 Å². The number of nitrogens with one attached hydrogen (secondary N) is 1. The second-order valence-corrected chi connectivity index (χ2v) is 7.66. The summed E-state index contributed by atoms with van der Waals surface area (Å²) >= 11 is 7.52. The van der Waals surface area contributed by atoms with Gasteiger partial charge in [-0.1, -0.05) is 53.7 Å². The number of benzene rings is 2. The summed E-state index contributed by atoms with van der Waals surface area (Å²) in [5.74, 6) is 0.448. The van der Waals surface area contributed by atoms with E-state index in [4.69, 9.17) is 16.3 Å². The summed E-state index contributed by atoms with van der Waals surface area (Å²) in [6.07, 6.45) is 1.82. The van der Waals surface area contributed by atoms with E-state index >= 15 is 0 Å². The van der Waals surface area contributed by atoms with Crippen LogP contribution in [-0.2, 0) is 11.8 Å². The van der Waals surface area contributed by atoms with Gasteiger partial charge in [-0.25, -0.2) is 4.98 Å². The molecule has 5 nitrogen and oxygen atoms in total.